The van der Waals surface area contributed by atoms with Crippen LogP contribution in [-0.4, -0.2) is 12.6 Å². The first-order valence-electron chi connectivity index (χ1n) is 5.11. The summed E-state index contributed by atoms with van der Waals surface area (Å²) >= 11 is 0. The molecule has 0 radical (unpaired) electrons. The average molecular weight is 153 g/mol. The molecule has 1 heteroatoms. The summed E-state index contributed by atoms with van der Waals surface area (Å²) in [6.45, 7) is 3.63. The Bertz CT molecular complexity index is 126. The summed E-state index contributed by atoms with van der Waals surface area (Å²) in [4.78, 5) is 0. The number of hydrogen-bond acceptors (Lipinski definition) is 1. The lowest BCUT2D eigenvalue weighted by Gasteiger charge is -2.46. The van der Waals surface area contributed by atoms with Gasteiger partial charge in [-0.25, -0.2) is 0 Å². The van der Waals surface area contributed by atoms with Crippen molar-refractivity contribution in [3.63, 3.8) is 0 Å². The molecule has 1 saturated carbocycles. The molecule has 0 aromatic rings. The lowest BCUT2D eigenvalue weighted by molar-refractivity contribution is 0.0783. The van der Waals surface area contributed by atoms with Crippen molar-refractivity contribution >= 4 is 0 Å². The Kier molecular flexibility index (Phi) is 1.92. The summed E-state index contributed by atoms with van der Waals surface area (Å²) in [7, 11) is 0. The van der Waals surface area contributed by atoms with Gasteiger partial charge in [0.2, 0.25) is 0 Å². The molecule has 1 atom stereocenters. The summed E-state index contributed by atoms with van der Waals surface area (Å²) in [6, 6.07) is 0.876. The summed E-state index contributed by atoms with van der Waals surface area (Å²) in [5.74, 6) is 0. The highest BCUT2D eigenvalue weighted by atomic mass is 15.0. The molecule has 64 valence electrons. The van der Waals surface area contributed by atoms with Crippen LogP contribution in [-0.2, 0) is 0 Å². The molecule has 11 heavy (non-hydrogen) atoms. The molecule has 1 aliphatic carbocycles. The van der Waals surface area contributed by atoms with Crippen LogP contribution in [0, 0.1) is 5.41 Å². The Hall–Kier alpha value is -0.0400. The molecule has 0 amide bonds. The van der Waals surface area contributed by atoms with Gasteiger partial charge in [-0.1, -0.05) is 13.3 Å². The highest BCUT2D eigenvalue weighted by molar-refractivity contribution is 4.98. The second-order valence-electron chi connectivity index (χ2n) is 4.22. The second kappa shape index (κ2) is 2.78. The van der Waals surface area contributed by atoms with Crippen LogP contribution in [0.2, 0.25) is 0 Å². The monoisotopic (exact) mass is 153 g/mol. The van der Waals surface area contributed by atoms with Gasteiger partial charge in [0.1, 0.15) is 0 Å². The van der Waals surface area contributed by atoms with E-state index in [2.05, 4.69) is 12.2 Å². The van der Waals surface area contributed by atoms with E-state index in [0.29, 0.717) is 0 Å². The van der Waals surface area contributed by atoms with Gasteiger partial charge in [-0.3, -0.25) is 0 Å². The normalized spacial score (nSPS) is 35.2. The van der Waals surface area contributed by atoms with Crippen molar-refractivity contribution in [2.24, 2.45) is 5.41 Å². The van der Waals surface area contributed by atoms with E-state index >= 15 is 0 Å². The highest BCUT2D eigenvalue weighted by Gasteiger charge is 2.42. The molecule has 2 fully saturated rings. The fourth-order valence-corrected chi connectivity index (χ4v) is 2.79. The molecule has 1 N–H and O–H groups in total. The van der Waals surface area contributed by atoms with Crippen molar-refractivity contribution in [2.75, 3.05) is 6.54 Å². The molecule has 1 saturated heterocycles. The van der Waals surface area contributed by atoms with E-state index in [-0.39, 0.29) is 0 Å². The second-order valence-corrected chi connectivity index (χ2v) is 4.22. The van der Waals surface area contributed by atoms with Crippen LogP contribution in [0.1, 0.15) is 45.4 Å². The first kappa shape index (κ1) is 7.60. The maximum atomic E-state index is 3.65. The molecule has 0 aromatic heterocycles. The van der Waals surface area contributed by atoms with Crippen molar-refractivity contribution in [3.8, 4) is 0 Å². The van der Waals surface area contributed by atoms with Gasteiger partial charge in [0.05, 0.1) is 0 Å². The fraction of sp³-hybridized carbons (Fsp3) is 1.00. The van der Waals surface area contributed by atoms with Crippen LogP contribution >= 0.6 is 0 Å². The van der Waals surface area contributed by atoms with E-state index in [1.807, 2.05) is 0 Å². The third-order valence-corrected chi connectivity index (χ3v) is 3.85. The Morgan fingerprint density at radius 1 is 1.36 bits per heavy atom. The number of nitrogens with one attached hydrogen (secondary N) is 1. The third kappa shape index (κ3) is 1.10. The topological polar surface area (TPSA) is 12.0 Å². The molecular weight excluding hydrogens is 134 g/mol. The molecule has 1 unspecified atom stereocenters. The standard InChI is InChI=1S/C10H19N/c1-2-10(6-4-7-10)9-5-3-8-11-9/h9,11H,2-8H2,1H3. The zero-order valence-electron chi connectivity index (χ0n) is 7.53. The van der Waals surface area contributed by atoms with Crippen molar-refractivity contribution in [3.05, 3.63) is 0 Å². The maximum Gasteiger partial charge on any atom is 0.0124 e. The minimum Gasteiger partial charge on any atom is -0.313 e. The van der Waals surface area contributed by atoms with Gasteiger partial charge in [-0.15, -0.1) is 0 Å². The molecule has 1 aliphatic heterocycles. The smallest absolute Gasteiger partial charge is 0.0124 e. The SMILES string of the molecule is CCC1(C2CCCN2)CCC1. The Morgan fingerprint density at radius 3 is 2.55 bits per heavy atom. The maximum absolute atomic E-state index is 3.65. The van der Waals surface area contributed by atoms with E-state index in [1.165, 1.54) is 45.1 Å². The van der Waals surface area contributed by atoms with Gasteiger partial charge in [0, 0.05) is 6.04 Å². The van der Waals surface area contributed by atoms with E-state index in [1.54, 1.807) is 0 Å². The fourth-order valence-electron chi connectivity index (χ4n) is 2.79. The minimum atomic E-state index is 0.733. The van der Waals surface area contributed by atoms with E-state index in [0.717, 1.165) is 11.5 Å². The van der Waals surface area contributed by atoms with E-state index < -0.39 is 0 Å². The van der Waals surface area contributed by atoms with Crippen LogP contribution in [0.3, 0.4) is 0 Å². The quantitative estimate of drug-likeness (QED) is 0.642. The number of rotatable bonds is 2. The van der Waals surface area contributed by atoms with Gasteiger partial charge < -0.3 is 5.32 Å². The van der Waals surface area contributed by atoms with Crippen LogP contribution in [0.5, 0.6) is 0 Å². The summed E-state index contributed by atoms with van der Waals surface area (Å²) in [6.07, 6.45) is 8.69. The summed E-state index contributed by atoms with van der Waals surface area (Å²) in [5.41, 5.74) is 0.733. The minimum absolute atomic E-state index is 0.733. The zero-order chi connectivity index (χ0) is 7.73. The first-order valence-corrected chi connectivity index (χ1v) is 5.11. The largest absolute Gasteiger partial charge is 0.313 e. The average Bonchev–Trinajstić information content (AvgIpc) is 2.39. The highest BCUT2D eigenvalue weighted by Crippen LogP contribution is 2.48. The van der Waals surface area contributed by atoms with Crippen molar-refractivity contribution < 1.29 is 0 Å². The van der Waals surface area contributed by atoms with Crippen molar-refractivity contribution in [1.82, 2.24) is 5.32 Å². The molecule has 1 nitrogen and oxygen atoms in total. The van der Waals surface area contributed by atoms with Crippen LogP contribution < -0.4 is 5.32 Å². The molecule has 2 aliphatic rings. The molecule has 0 aromatic carbocycles. The lowest BCUT2D eigenvalue weighted by Crippen LogP contribution is -2.45. The molecular formula is C10H19N. The van der Waals surface area contributed by atoms with E-state index in [4.69, 9.17) is 0 Å². The Labute approximate surface area is 69.6 Å². The zero-order valence-corrected chi connectivity index (χ0v) is 7.53. The molecule has 0 bridgehead atoms. The Balaban J connectivity index is 1.99. The number of hydrogen-bond donors (Lipinski definition) is 1. The van der Waals surface area contributed by atoms with Gasteiger partial charge in [0.15, 0.2) is 0 Å². The van der Waals surface area contributed by atoms with Crippen molar-refractivity contribution in [1.29, 1.82) is 0 Å². The van der Waals surface area contributed by atoms with Gasteiger partial charge in [0.25, 0.3) is 0 Å². The summed E-state index contributed by atoms with van der Waals surface area (Å²) in [5, 5.41) is 3.65. The molecule has 1 heterocycles. The summed E-state index contributed by atoms with van der Waals surface area (Å²) < 4.78 is 0. The molecule has 2 rings (SSSR count). The van der Waals surface area contributed by atoms with Crippen LogP contribution in [0.15, 0.2) is 0 Å². The van der Waals surface area contributed by atoms with E-state index in [9.17, 15) is 0 Å². The third-order valence-electron chi connectivity index (χ3n) is 3.85. The predicted molar refractivity (Wildman–Crippen MR) is 47.6 cm³/mol. The van der Waals surface area contributed by atoms with Crippen molar-refractivity contribution in [2.45, 2.75) is 51.5 Å². The predicted octanol–water partition coefficient (Wildman–Crippen LogP) is 2.32. The Morgan fingerprint density at radius 2 is 2.18 bits per heavy atom. The first-order chi connectivity index (χ1) is 5.37. The lowest BCUT2D eigenvalue weighted by atomic mass is 9.62. The van der Waals surface area contributed by atoms with Crippen LogP contribution in [0.4, 0.5) is 0 Å². The van der Waals surface area contributed by atoms with Gasteiger partial charge in [-0.2, -0.15) is 0 Å². The van der Waals surface area contributed by atoms with Gasteiger partial charge in [-0.05, 0) is 44.1 Å². The van der Waals surface area contributed by atoms with Gasteiger partial charge >= 0.3 is 0 Å². The molecule has 0 spiro atoms. The van der Waals surface area contributed by atoms with Crippen LogP contribution in [0.25, 0.3) is 0 Å².